The fourth-order valence-corrected chi connectivity index (χ4v) is 5.98. The zero-order valence-corrected chi connectivity index (χ0v) is 23.3. The number of amidine groups is 2. The number of hydrogen-bond donors (Lipinski definition) is 1. The molecule has 2 heterocycles. The van der Waals surface area contributed by atoms with Crippen molar-refractivity contribution in [3.8, 4) is 23.0 Å². The number of carbonyl (C=O) groups is 1. The van der Waals surface area contributed by atoms with E-state index in [2.05, 4.69) is 10.1 Å². The lowest BCUT2D eigenvalue weighted by molar-refractivity contribution is -0.114. The first-order valence-electron chi connectivity index (χ1n) is 12.7. The lowest BCUT2D eigenvalue weighted by atomic mass is 9.90. The number of hydrazone groups is 1. The van der Waals surface area contributed by atoms with Crippen LogP contribution in [-0.2, 0) is 4.79 Å². The van der Waals surface area contributed by atoms with Crippen molar-refractivity contribution in [1.82, 2.24) is 5.01 Å². The molecule has 9 nitrogen and oxygen atoms in total. The summed E-state index contributed by atoms with van der Waals surface area (Å²) in [7, 11) is 3.11. The molecular weight excluding hydrogens is 540 g/mol. The van der Waals surface area contributed by atoms with Crippen molar-refractivity contribution in [2.24, 2.45) is 16.0 Å². The number of aliphatic imine (C=N–C) groups is 1. The molecule has 2 aromatic carbocycles. The Morgan fingerprint density at radius 2 is 1.85 bits per heavy atom. The van der Waals surface area contributed by atoms with E-state index in [1.807, 2.05) is 18.2 Å². The van der Waals surface area contributed by atoms with Gasteiger partial charge in [-0.2, -0.15) is 15.1 Å². The van der Waals surface area contributed by atoms with Crippen LogP contribution < -0.4 is 18.9 Å². The molecule has 1 aliphatic carbocycles. The van der Waals surface area contributed by atoms with Crippen molar-refractivity contribution in [1.29, 1.82) is 5.41 Å². The van der Waals surface area contributed by atoms with Crippen molar-refractivity contribution < 1.29 is 23.7 Å². The molecule has 11 heteroatoms. The van der Waals surface area contributed by atoms with E-state index in [0.717, 1.165) is 17.9 Å². The van der Waals surface area contributed by atoms with Crippen LogP contribution in [0.25, 0.3) is 6.08 Å². The molecule has 0 spiro atoms. The van der Waals surface area contributed by atoms with Gasteiger partial charge in [0.1, 0.15) is 29.8 Å². The third-order valence-corrected chi connectivity index (χ3v) is 7.98. The van der Waals surface area contributed by atoms with E-state index < -0.39 is 5.91 Å². The van der Waals surface area contributed by atoms with Crippen LogP contribution in [0.4, 0.5) is 0 Å². The van der Waals surface area contributed by atoms with Crippen LogP contribution in [0.5, 0.6) is 23.0 Å². The van der Waals surface area contributed by atoms with E-state index in [4.69, 9.17) is 36.0 Å². The Hall–Kier alpha value is -3.50. The second-order valence-electron chi connectivity index (χ2n) is 9.20. The Morgan fingerprint density at radius 3 is 2.62 bits per heavy atom. The highest BCUT2D eigenvalue weighted by Gasteiger charge is 2.38. The molecule has 1 saturated carbocycles. The zero-order valence-electron chi connectivity index (χ0n) is 21.7. The van der Waals surface area contributed by atoms with E-state index in [0.29, 0.717) is 44.7 Å². The smallest absolute Gasteiger partial charge is 0.283 e. The van der Waals surface area contributed by atoms with Gasteiger partial charge in [-0.3, -0.25) is 10.2 Å². The lowest BCUT2D eigenvalue weighted by Gasteiger charge is -2.20. The van der Waals surface area contributed by atoms with Crippen LogP contribution in [0, 0.1) is 11.3 Å². The molecule has 0 unspecified atom stereocenters. The van der Waals surface area contributed by atoms with Gasteiger partial charge in [0.25, 0.3) is 5.91 Å². The molecule has 2 aliphatic heterocycles. The van der Waals surface area contributed by atoms with Gasteiger partial charge in [-0.05, 0) is 60.5 Å². The Bertz CT molecular complexity index is 1370. The third kappa shape index (κ3) is 6.07. The van der Waals surface area contributed by atoms with Crippen molar-refractivity contribution in [3.63, 3.8) is 0 Å². The van der Waals surface area contributed by atoms with Crippen LogP contribution in [0.15, 0.2) is 52.1 Å². The topological polar surface area (TPSA) is 106 Å². The second kappa shape index (κ2) is 12.1. The van der Waals surface area contributed by atoms with Crippen LogP contribution in [0.2, 0.25) is 5.02 Å². The van der Waals surface area contributed by atoms with Gasteiger partial charge in [0.2, 0.25) is 5.17 Å². The van der Waals surface area contributed by atoms with E-state index in [9.17, 15) is 4.79 Å². The van der Waals surface area contributed by atoms with Gasteiger partial charge in [-0.25, -0.2) is 0 Å². The normalized spacial score (nSPS) is 18.5. The van der Waals surface area contributed by atoms with Crippen molar-refractivity contribution >= 4 is 51.4 Å². The van der Waals surface area contributed by atoms with E-state index in [-0.39, 0.29) is 24.6 Å². The first kappa shape index (κ1) is 27.1. The van der Waals surface area contributed by atoms with Gasteiger partial charge in [-0.1, -0.05) is 36.9 Å². The molecule has 204 valence electrons. The standard InChI is InChI=1S/C28H29ClN4O5S/c1-35-19-9-6-10-20(16-19)37-11-12-38-24-22(29)14-17(15-23(24)36-2)13-21-25(30)33-28(31-26(21)34)39-27(32-33)18-7-4-3-5-8-18/h6,9-10,13-16,18,30H,3-5,7-8,11-12H2,1-2H3/b21-13-,30-25?. The predicted molar refractivity (Wildman–Crippen MR) is 154 cm³/mol. The van der Waals surface area contributed by atoms with Crippen LogP contribution >= 0.6 is 23.4 Å². The minimum absolute atomic E-state index is 0.00610. The van der Waals surface area contributed by atoms with Gasteiger partial charge in [0.15, 0.2) is 17.3 Å². The summed E-state index contributed by atoms with van der Waals surface area (Å²) >= 11 is 7.94. The SMILES string of the molecule is COc1cccc(OCCOc2c(Cl)cc(/C=C3/C(=N)N4N=C(C5CCCCC5)SC4=NC3=O)cc2OC)c1. The molecule has 3 aliphatic rings. The summed E-state index contributed by atoms with van der Waals surface area (Å²) in [6.07, 6.45) is 7.33. The summed E-state index contributed by atoms with van der Waals surface area (Å²) in [5, 5.41) is 16.5. The molecule has 0 bridgehead atoms. The van der Waals surface area contributed by atoms with Crippen LogP contribution in [0.3, 0.4) is 0 Å². The quantitative estimate of drug-likeness (QED) is 0.291. The third-order valence-electron chi connectivity index (χ3n) is 6.63. The van der Waals surface area contributed by atoms with Gasteiger partial charge in [-0.15, -0.1) is 0 Å². The molecule has 5 rings (SSSR count). The molecule has 2 aromatic rings. The summed E-state index contributed by atoms with van der Waals surface area (Å²) in [6, 6.07) is 10.7. The van der Waals surface area contributed by atoms with Crippen molar-refractivity contribution in [3.05, 3.63) is 52.6 Å². The molecule has 1 fully saturated rings. The van der Waals surface area contributed by atoms with E-state index >= 15 is 0 Å². The Balaban J connectivity index is 1.28. The fraction of sp³-hybridized carbons (Fsp3) is 0.357. The summed E-state index contributed by atoms with van der Waals surface area (Å²) in [6.45, 7) is 0.504. The fourth-order valence-electron chi connectivity index (χ4n) is 4.65. The highest BCUT2D eigenvalue weighted by atomic mass is 35.5. The molecule has 0 atom stereocenters. The summed E-state index contributed by atoms with van der Waals surface area (Å²) in [5.74, 6) is 1.99. The average molecular weight is 569 g/mol. The molecule has 1 N–H and O–H groups in total. The van der Waals surface area contributed by atoms with Crippen LogP contribution in [0.1, 0.15) is 37.7 Å². The minimum Gasteiger partial charge on any atom is -0.497 e. The van der Waals surface area contributed by atoms with Gasteiger partial charge < -0.3 is 18.9 Å². The predicted octanol–water partition coefficient (Wildman–Crippen LogP) is 6.01. The number of thioether (sulfide) groups is 1. The second-order valence-corrected chi connectivity index (χ2v) is 10.6. The van der Waals surface area contributed by atoms with Crippen LogP contribution in [-0.4, -0.2) is 54.4 Å². The number of nitrogens with one attached hydrogen (secondary N) is 1. The lowest BCUT2D eigenvalue weighted by Crippen LogP contribution is -2.35. The molecule has 0 aromatic heterocycles. The van der Waals surface area contributed by atoms with E-state index in [1.54, 1.807) is 31.4 Å². The summed E-state index contributed by atoms with van der Waals surface area (Å²) < 4.78 is 22.3. The maximum Gasteiger partial charge on any atom is 0.283 e. The number of fused-ring (bicyclic) bond motifs is 1. The summed E-state index contributed by atoms with van der Waals surface area (Å²) in [5.41, 5.74) is 0.707. The number of benzene rings is 2. The molecule has 39 heavy (non-hydrogen) atoms. The largest absolute Gasteiger partial charge is 0.497 e. The Labute approximate surface area is 236 Å². The van der Waals surface area contributed by atoms with Gasteiger partial charge in [0, 0.05) is 12.0 Å². The number of nitrogens with zero attached hydrogens (tertiary/aromatic N) is 3. The number of ether oxygens (including phenoxy) is 4. The number of rotatable bonds is 9. The summed E-state index contributed by atoms with van der Waals surface area (Å²) in [4.78, 5) is 17.1. The number of carbonyl (C=O) groups excluding carboxylic acids is 1. The Kier molecular flexibility index (Phi) is 8.42. The van der Waals surface area contributed by atoms with Crippen molar-refractivity contribution in [2.75, 3.05) is 27.4 Å². The first-order valence-corrected chi connectivity index (χ1v) is 13.9. The van der Waals surface area contributed by atoms with Gasteiger partial charge in [0.05, 0.1) is 24.8 Å². The Morgan fingerprint density at radius 1 is 1.08 bits per heavy atom. The average Bonchev–Trinajstić information content (AvgIpc) is 3.38. The minimum atomic E-state index is -0.482. The maximum absolute atomic E-state index is 12.9. The number of amides is 1. The molecule has 0 saturated heterocycles. The zero-order chi connectivity index (χ0) is 27.4. The molecule has 0 radical (unpaired) electrons. The van der Waals surface area contributed by atoms with Crippen molar-refractivity contribution in [2.45, 2.75) is 32.1 Å². The number of hydrogen-bond acceptors (Lipinski definition) is 8. The van der Waals surface area contributed by atoms with E-state index in [1.165, 1.54) is 43.1 Å². The molecule has 1 amide bonds. The first-order chi connectivity index (χ1) is 19.0. The molecular formula is C28H29ClN4O5S. The number of methoxy groups -OCH3 is 2. The number of halogens is 1. The highest BCUT2D eigenvalue weighted by Crippen LogP contribution is 2.39. The maximum atomic E-state index is 12.9. The highest BCUT2D eigenvalue weighted by molar-refractivity contribution is 8.27. The van der Waals surface area contributed by atoms with Gasteiger partial charge >= 0.3 is 0 Å². The monoisotopic (exact) mass is 568 g/mol.